The summed E-state index contributed by atoms with van der Waals surface area (Å²) in [5, 5.41) is 19.4. The van der Waals surface area contributed by atoms with Crippen LogP contribution in [0.25, 0.3) is 10.8 Å². The highest BCUT2D eigenvalue weighted by Crippen LogP contribution is 2.32. The summed E-state index contributed by atoms with van der Waals surface area (Å²) < 4.78 is 1.58. The number of hydrogen-bond donors (Lipinski definition) is 3. The molecule has 0 saturated heterocycles. The molecule has 2 aromatic heterocycles. The minimum absolute atomic E-state index is 0.0417. The molecular formula is C25H19N7O4S. The molecular weight excluding hydrogens is 494 g/mol. The van der Waals surface area contributed by atoms with Gasteiger partial charge in [-0.15, -0.1) is 0 Å². The molecule has 12 heteroatoms. The van der Waals surface area contributed by atoms with Gasteiger partial charge in [-0.05, 0) is 50.5 Å². The largest absolute Gasteiger partial charge is 0.381 e. The molecule has 0 bridgehead atoms. The van der Waals surface area contributed by atoms with Crippen LogP contribution in [0, 0.1) is 10.1 Å². The number of rotatable bonds is 8. The fourth-order valence-corrected chi connectivity index (χ4v) is 4.58. The Hall–Kier alpha value is -5.10. The molecule has 3 aromatic carbocycles. The number of carbonyl (C=O) groups is 2. The number of nitrogens with one attached hydrogen (secondary N) is 2. The van der Waals surface area contributed by atoms with Gasteiger partial charge in [-0.25, -0.2) is 4.98 Å². The highest BCUT2D eigenvalue weighted by atomic mass is 32.1. The summed E-state index contributed by atoms with van der Waals surface area (Å²) in [7, 11) is 0. The van der Waals surface area contributed by atoms with Gasteiger partial charge in [-0.1, -0.05) is 53.8 Å². The molecule has 0 aliphatic heterocycles. The number of thiazole rings is 1. The third-order valence-corrected chi connectivity index (χ3v) is 6.36. The van der Waals surface area contributed by atoms with Gasteiger partial charge in [0.2, 0.25) is 6.33 Å². The molecule has 0 saturated carbocycles. The van der Waals surface area contributed by atoms with Crippen molar-refractivity contribution < 1.29 is 14.5 Å². The summed E-state index contributed by atoms with van der Waals surface area (Å²) >= 11 is 1.10. The van der Waals surface area contributed by atoms with Gasteiger partial charge < -0.3 is 31.0 Å². The Morgan fingerprint density at radius 3 is 2.51 bits per heavy atom. The number of nitrogens with zero attached hydrogens (tertiary/aromatic N) is 4. The predicted octanol–water partition coefficient (Wildman–Crippen LogP) is 4.54. The summed E-state index contributed by atoms with van der Waals surface area (Å²) in [5.74, 6) is -1.43. The number of fused-ring (bicyclic) bond motifs is 1. The molecule has 2 amide bonds. The van der Waals surface area contributed by atoms with E-state index in [-0.39, 0.29) is 16.5 Å². The second kappa shape index (κ2) is 9.87. The van der Waals surface area contributed by atoms with Gasteiger partial charge >= 0.3 is 5.82 Å². The van der Waals surface area contributed by atoms with Gasteiger partial charge in [-0.2, -0.15) is 0 Å². The first-order valence-corrected chi connectivity index (χ1v) is 11.8. The Morgan fingerprint density at radius 2 is 1.81 bits per heavy atom. The second-order valence-corrected chi connectivity index (χ2v) is 9.06. The molecule has 5 rings (SSSR count). The SMILES string of the molecule is NC(=O)c1nc(Nc2ccc3ccccc3c2)sc1NC(=O)c1ccc(Cn2cnc([N+](=O)[O-])c2)cc1. The van der Waals surface area contributed by atoms with E-state index in [9.17, 15) is 19.7 Å². The smallest absolute Gasteiger partial charge is 0.364 e. The fourth-order valence-electron chi connectivity index (χ4n) is 3.69. The lowest BCUT2D eigenvalue weighted by Gasteiger charge is -2.06. The third kappa shape index (κ3) is 5.28. The number of nitro groups is 1. The van der Waals surface area contributed by atoms with Crippen LogP contribution < -0.4 is 16.4 Å². The van der Waals surface area contributed by atoms with Gasteiger partial charge in [0.25, 0.3) is 11.8 Å². The fraction of sp³-hybridized carbons (Fsp3) is 0.0400. The number of primary amides is 1. The van der Waals surface area contributed by atoms with Gasteiger partial charge in [0.05, 0.1) is 6.54 Å². The van der Waals surface area contributed by atoms with Crippen LogP contribution in [0.4, 0.5) is 21.6 Å². The molecule has 0 unspecified atom stereocenters. The number of aromatic nitrogens is 3. The molecule has 0 aliphatic rings. The van der Waals surface area contributed by atoms with Gasteiger partial charge in [0.15, 0.2) is 10.8 Å². The Kier molecular flexibility index (Phi) is 6.31. The Balaban J connectivity index is 1.29. The topological polar surface area (TPSA) is 158 Å². The average molecular weight is 514 g/mol. The summed E-state index contributed by atoms with van der Waals surface area (Å²) in [5.41, 5.74) is 7.41. The van der Waals surface area contributed by atoms with E-state index in [0.29, 0.717) is 17.2 Å². The van der Waals surface area contributed by atoms with Crippen molar-refractivity contribution in [3.63, 3.8) is 0 Å². The molecule has 0 spiro atoms. The molecule has 5 aromatic rings. The zero-order valence-corrected chi connectivity index (χ0v) is 19.9. The average Bonchev–Trinajstić information content (AvgIpc) is 3.51. The number of anilines is 3. The quantitative estimate of drug-likeness (QED) is 0.203. The van der Waals surface area contributed by atoms with E-state index in [4.69, 9.17) is 5.73 Å². The van der Waals surface area contributed by atoms with Crippen molar-refractivity contribution in [3.05, 3.63) is 106 Å². The Bertz CT molecular complexity index is 1640. The summed E-state index contributed by atoms with van der Waals surface area (Å²) in [6.45, 7) is 0.354. The molecule has 11 nitrogen and oxygen atoms in total. The molecule has 184 valence electrons. The highest BCUT2D eigenvalue weighted by Gasteiger charge is 2.19. The lowest BCUT2D eigenvalue weighted by molar-refractivity contribution is -0.389. The van der Waals surface area contributed by atoms with E-state index in [0.717, 1.165) is 33.4 Å². The molecule has 0 atom stereocenters. The molecule has 0 radical (unpaired) electrons. The zero-order valence-electron chi connectivity index (χ0n) is 19.1. The number of nitrogens with two attached hydrogens (primary N) is 1. The van der Waals surface area contributed by atoms with E-state index >= 15 is 0 Å². The maximum Gasteiger partial charge on any atom is 0.381 e. The lowest BCUT2D eigenvalue weighted by atomic mass is 10.1. The van der Waals surface area contributed by atoms with Crippen molar-refractivity contribution in [2.75, 3.05) is 10.6 Å². The molecule has 2 heterocycles. The highest BCUT2D eigenvalue weighted by molar-refractivity contribution is 7.20. The molecule has 4 N–H and O–H groups in total. The van der Waals surface area contributed by atoms with Crippen molar-refractivity contribution in [2.24, 2.45) is 5.73 Å². The Morgan fingerprint density at radius 1 is 1.05 bits per heavy atom. The summed E-state index contributed by atoms with van der Waals surface area (Å²) in [4.78, 5) is 43.1. The maximum atomic E-state index is 12.9. The minimum Gasteiger partial charge on any atom is -0.364 e. The van der Waals surface area contributed by atoms with Crippen LogP contribution >= 0.6 is 11.3 Å². The van der Waals surface area contributed by atoms with Crippen molar-refractivity contribution >= 4 is 55.6 Å². The summed E-state index contributed by atoms with van der Waals surface area (Å²) in [6.07, 6.45) is 2.71. The van der Waals surface area contributed by atoms with Gasteiger partial charge in [0, 0.05) is 11.3 Å². The number of benzene rings is 3. The molecule has 0 fully saturated rings. The number of carbonyl (C=O) groups excluding carboxylic acids is 2. The van der Waals surface area contributed by atoms with Crippen LogP contribution in [-0.2, 0) is 6.54 Å². The minimum atomic E-state index is -0.761. The lowest BCUT2D eigenvalue weighted by Crippen LogP contribution is -2.17. The standard InChI is InChI=1S/C25H19N7O4S/c26-22(33)21-24(37-25(29-21)28-19-10-9-16-3-1-2-4-18(16)11-19)30-23(34)17-7-5-15(6-8-17)12-31-13-20(27-14-31)32(35)36/h1-11,13-14H,12H2,(H2,26,33)(H,28,29)(H,30,34). The summed E-state index contributed by atoms with van der Waals surface area (Å²) in [6, 6.07) is 20.5. The van der Waals surface area contributed by atoms with E-state index in [1.807, 2.05) is 42.5 Å². The number of imidazole rings is 1. The van der Waals surface area contributed by atoms with E-state index < -0.39 is 16.7 Å². The van der Waals surface area contributed by atoms with Crippen LogP contribution in [0.2, 0.25) is 0 Å². The third-order valence-electron chi connectivity index (χ3n) is 5.48. The van der Waals surface area contributed by atoms with Gasteiger partial charge in [-0.3, -0.25) is 9.59 Å². The van der Waals surface area contributed by atoms with Crippen molar-refractivity contribution in [2.45, 2.75) is 6.54 Å². The van der Waals surface area contributed by atoms with Crippen LogP contribution in [0.15, 0.2) is 79.3 Å². The second-order valence-electron chi connectivity index (χ2n) is 8.06. The predicted molar refractivity (Wildman–Crippen MR) is 140 cm³/mol. The number of hydrogen-bond acceptors (Lipinski definition) is 8. The molecule has 37 heavy (non-hydrogen) atoms. The van der Waals surface area contributed by atoms with Crippen LogP contribution in [0.1, 0.15) is 26.4 Å². The van der Waals surface area contributed by atoms with Crippen molar-refractivity contribution in [3.8, 4) is 0 Å². The number of amides is 2. The van der Waals surface area contributed by atoms with E-state index in [1.54, 1.807) is 28.8 Å². The van der Waals surface area contributed by atoms with E-state index in [1.165, 1.54) is 12.5 Å². The molecule has 0 aliphatic carbocycles. The monoisotopic (exact) mass is 513 g/mol. The van der Waals surface area contributed by atoms with Crippen molar-refractivity contribution in [1.82, 2.24) is 14.5 Å². The maximum absolute atomic E-state index is 12.9. The first kappa shape index (κ1) is 23.6. The van der Waals surface area contributed by atoms with E-state index in [2.05, 4.69) is 20.6 Å². The first-order chi connectivity index (χ1) is 17.9. The van der Waals surface area contributed by atoms with Crippen LogP contribution in [0.5, 0.6) is 0 Å². The Labute approximate surface area is 213 Å². The van der Waals surface area contributed by atoms with Crippen LogP contribution in [-0.4, -0.2) is 31.3 Å². The first-order valence-electron chi connectivity index (χ1n) is 11.0. The van der Waals surface area contributed by atoms with Crippen LogP contribution in [0.3, 0.4) is 0 Å². The zero-order chi connectivity index (χ0) is 25.9. The van der Waals surface area contributed by atoms with Crippen molar-refractivity contribution in [1.29, 1.82) is 0 Å². The normalized spacial score (nSPS) is 10.8. The van der Waals surface area contributed by atoms with Gasteiger partial charge in [0.1, 0.15) is 11.2 Å².